The zero-order valence-corrected chi connectivity index (χ0v) is 16.0. The predicted molar refractivity (Wildman–Crippen MR) is 99.4 cm³/mol. The number of aryl methyl sites for hydroxylation is 1. The fraction of sp³-hybridized carbons (Fsp3) is 0.389. The van der Waals surface area contributed by atoms with Crippen molar-refractivity contribution in [3.05, 3.63) is 40.3 Å². The summed E-state index contributed by atoms with van der Waals surface area (Å²) in [7, 11) is 0. The lowest BCUT2D eigenvalue weighted by Gasteiger charge is -2.26. The summed E-state index contributed by atoms with van der Waals surface area (Å²) in [5.41, 5.74) is 0.673. The van der Waals surface area contributed by atoms with Crippen molar-refractivity contribution < 1.29 is 19.1 Å². The van der Waals surface area contributed by atoms with Crippen molar-refractivity contribution >= 4 is 35.1 Å². The van der Waals surface area contributed by atoms with Crippen molar-refractivity contribution in [3.63, 3.8) is 0 Å². The van der Waals surface area contributed by atoms with Crippen LogP contribution in [0.15, 0.2) is 28.8 Å². The molecule has 1 amide bonds. The number of aromatic nitrogens is 1. The first-order valence-electron chi connectivity index (χ1n) is 8.19. The summed E-state index contributed by atoms with van der Waals surface area (Å²) in [6.45, 7) is 3.89. The molecule has 0 atom stereocenters. The van der Waals surface area contributed by atoms with E-state index >= 15 is 0 Å². The molecule has 0 radical (unpaired) electrons. The predicted octanol–water partition coefficient (Wildman–Crippen LogP) is 4.29. The van der Waals surface area contributed by atoms with E-state index in [4.69, 9.17) is 32.7 Å². The van der Waals surface area contributed by atoms with Crippen LogP contribution < -0.4 is 0 Å². The van der Waals surface area contributed by atoms with Gasteiger partial charge in [-0.25, -0.2) is 4.98 Å². The lowest BCUT2D eigenvalue weighted by molar-refractivity contribution is -0.139. The number of halogens is 2. The van der Waals surface area contributed by atoms with Gasteiger partial charge in [-0.2, -0.15) is 0 Å². The van der Waals surface area contributed by atoms with Gasteiger partial charge in [0.15, 0.2) is 11.7 Å². The van der Waals surface area contributed by atoms with Gasteiger partial charge in [-0.05, 0) is 32.0 Å². The van der Waals surface area contributed by atoms with E-state index < -0.39 is 5.97 Å². The standard InChI is InChI=1S/C18H20Cl2N2O4/c1-11(2)22(8-7-18(24)25)17(23)6-5-16-21-10-15(26-16)13-4-3-12(19)9-14(13)20/h3-4,9-11H,5-8H2,1-2H3,(H,24,25). The first-order valence-corrected chi connectivity index (χ1v) is 8.95. The van der Waals surface area contributed by atoms with Crippen LogP contribution in [0.2, 0.25) is 10.0 Å². The van der Waals surface area contributed by atoms with E-state index in [-0.39, 0.29) is 31.3 Å². The van der Waals surface area contributed by atoms with Crippen LogP contribution in [-0.4, -0.2) is 39.5 Å². The van der Waals surface area contributed by atoms with Crippen LogP contribution in [0.1, 0.15) is 32.6 Å². The van der Waals surface area contributed by atoms with Gasteiger partial charge in [-0.15, -0.1) is 0 Å². The van der Waals surface area contributed by atoms with E-state index in [1.54, 1.807) is 29.3 Å². The summed E-state index contributed by atoms with van der Waals surface area (Å²) in [4.78, 5) is 28.8. The number of nitrogens with zero attached hydrogens (tertiary/aromatic N) is 2. The number of benzene rings is 1. The van der Waals surface area contributed by atoms with E-state index in [1.807, 2.05) is 13.8 Å². The number of carboxylic acids is 1. The average molecular weight is 399 g/mol. The summed E-state index contributed by atoms with van der Waals surface area (Å²) in [5, 5.41) is 9.78. The normalized spacial score (nSPS) is 11.0. The number of carbonyl (C=O) groups is 2. The molecule has 26 heavy (non-hydrogen) atoms. The van der Waals surface area contributed by atoms with Crippen LogP contribution in [0.25, 0.3) is 11.3 Å². The Balaban J connectivity index is 2.00. The van der Waals surface area contributed by atoms with Crippen LogP contribution in [0.3, 0.4) is 0 Å². The van der Waals surface area contributed by atoms with Gasteiger partial charge in [0.2, 0.25) is 5.91 Å². The minimum absolute atomic E-state index is 0.0742. The van der Waals surface area contributed by atoms with Crippen molar-refractivity contribution in [2.24, 2.45) is 0 Å². The Morgan fingerprint density at radius 2 is 2.00 bits per heavy atom. The molecule has 1 aromatic carbocycles. The van der Waals surface area contributed by atoms with Gasteiger partial charge in [-0.3, -0.25) is 9.59 Å². The average Bonchev–Trinajstić information content (AvgIpc) is 3.01. The zero-order chi connectivity index (χ0) is 19.3. The van der Waals surface area contributed by atoms with Crippen molar-refractivity contribution in [1.82, 2.24) is 9.88 Å². The Hall–Kier alpha value is -2.05. The van der Waals surface area contributed by atoms with Gasteiger partial charge in [0.05, 0.1) is 17.6 Å². The highest BCUT2D eigenvalue weighted by molar-refractivity contribution is 6.36. The number of hydrogen-bond acceptors (Lipinski definition) is 4. The Morgan fingerprint density at radius 3 is 2.62 bits per heavy atom. The molecule has 6 nitrogen and oxygen atoms in total. The summed E-state index contributed by atoms with van der Waals surface area (Å²) in [6.07, 6.45) is 1.98. The second-order valence-electron chi connectivity index (χ2n) is 6.07. The molecular formula is C18H20Cl2N2O4. The van der Waals surface area contributed by atoms with E-state index in [0.29, 0.717) is 33.7 Å². The van der Waals surface area contributed by atoms with Gasteiger partial charge in [-0.1, -0.05) is 23.2 Å². The third-order valence-electron chi connectivity index (χ3n) is 3.81. The van der Waals surface area contributed by atoms with Crippen molar-refractivity contribution in [1.29, 1.82) is 0 Å². The minimum atomic E-state index is -0.930. The molecule has 0 spiro atoms. The molecule has 0 aliphatic heterocycles. The van der Waals surface area contributed by atoms with Crippen molar-refractivity contribution in [2.45, 2.75) is 39.2 Å². The maximum Gasteiger partial charge on any atom is 0.305 e. The monoisotopic (exact) mass is 398 g/mol. The molecule has 0 saturated heterocycles. The van der Waals surface area contributed by atoms with Crippen LogP contribution in [0.4, 0.5) is 0 Å². The summed E-state index contributed by atoms with van der Waals surface area (Å²) < 4.78 is 5.68. The third kappa shape index (κ3) is 5.47. The zero-order valence-electron chi connectivity index (χ0n) is 14.5. The molecule has 0 bridgehead atoms. The fourth-order valence-corrected chi connectivity index (χ4v) is 2.99. The highest BCUT2D eigenvalue weighted by Crippen LogP contribution is 2.30. The van der Waals surface area contributed by atoms with Gasteiger partial charge in [0, 0.05) is 36.0 Å². The fourth-order valence-electron chi connectivity index (χ4n) is 2.48. The van der Waals surface area contributed by atoms with E-state index in [1.165, 1.54) is 0 Å². The smallest absolute Gasteiger partial charge is 0.305 e. The molecule has 140 valence electrons. The van der Waals surface area contributed by atoms with Gasteiger partial charge in [0.25, 0.3) is 0 Å². The second-order valence-corrected chi connectivity index (χ2v) is 6.91. The molecule has 0 aliphatic carbocycles. The first kappa shape index (κ1) is 20.3. The first-order chi connectivity index (χ1) is 12.3. The van der Waals surface area contributed by atoms with Crippen LogP contribution >= 0.6 is 23.2 Å². The summed E-state index contributed by atoms with van der Waals surface area (Å²) >= 11 is 12.0. The van der Waals surface area contributed by atoms with Crippen LogP contribution in [0.5, 0.6) is 0 Å². The van der Waals surface area contributed by atoms with E-state index in [9.17, 15) is 9.59 Å². The van der Waals surface area contributed by atoms with Gasteiger partial charge >= 0.3 is 5.97 Å². The number of hydrogen-bond donors (Lipinski definition) is 1. The van der Waals surface area contributed by atoms with Crippen LogP contribution in [-0.2, 0) is 16.0 Å². The van der Waals surface area contributed by atoms with Crippen LogP contribution in [0, 0.1) is 0 Å². The number of rotatable bonds is 8. The Labute approximate surface area is 161 Å². The number of aliphatic carboxylic acids is 1. The van der Waals surface area contributed by atoms with Crippen molar-refractivity contribution in [3.8, 4) is 11.3 Å². The SMILES string of the molecule is CC(C)N(CCC(=O)O)C(=O)CCc1ncc(-c2ccc(Cl)cc2Cl)o1. The van der Waals surface area contributed by atoms with Gasteiger partial charge < -0.3 is 14.4 Å². The third-order valence-corrected chi connectivity index (χ3v) is 4.36. The van der Waals surface area contributed by atoms with Crippen molar-refractivity contribution in [2.75, 3.05) is 6.54 Å². The topological polar surface area (TPSA) is 83.6 Å². The molecule has 1 N–H and O–H groups in total. The largest absolute Gasteiger partial charge is 0.481 e. The summed E-state index contributed by atoms with van der Waals surface area (Å²) in [6, 6.07) is 4.99. The Morgan fingerprint density at radius 1 is 1.27 bits per heavy atom. The van der Waals surface area contributed by atoms with E-state index in [2.05, 4.69) is 4.98 Å². The summed E-state index contributed by atoms with van der Waals surface area (Å²) in [5.74, 6) is -0.145. The highest BCUT2D eigenvalue weighted by Gasteiger charge is 2.19. The Bertz CT molecular complexity index is 789. The molecule has 2 aromatic rings. The molecule has 0 aliphatic rings. The van der Waals surface area contributed by atoms with E-state index in [0.717, 1.165) is 0 Å². The lowest BCUT2D eigenvalue weighted by atomic mass is 10.2. The molecule has 1 aromatic heterocycles. The molecule has 2 rings (SSSR count). The minimum Gasteiger partial charge on any atom is -0.481 e. The number of carbonyl (C=O) groups excluding carboxylic acids is 1. The molecule has 0 fully saturated rings. The molecule has 8 heteroatoms. The molecule has 0 unspecified atom stereocenters. The molecule has 1 heterocycles. The highest BCUT2D eigenvalue weighted by atomic mass is 35.5. The second kappa shape index (κ2) is 9.05. The number of oxazole rings is 1. The number of amides is 1. The lowest BCUT2D eigenvalue weighted by Crippen LogP contribution is -2.38. The maximum absolute atomic E-state index is 12.4. The molecular weight excluding hydrogens is 379 g/mol. The Kier molecular flexibility index (Phi) is 7.06. The van der Waals surface area contributed by atoms with Gasteiger partial charge in [0.1, 0.15) is 0 Å². The quantitative estimate of drug-likeness (QED) is 0.716. The number of carboxylic acid groups (broad SMARTS) is 1. The maximum atomic E-state index is 12.4. The molecule has 0 saturated carbocycles.